The van der Waals surface area contributed by atoms with Gasteiger partial charge in [-0.2, -0.15) is 0 Å². The minimum Gasteiger partial charge on any atom is -0.353 e. The van der Waals surface area contributed by atoms with Gasteiger partial charge >= 0.3 is 0 Å². The maximum atomic E-state index is 12.7. The van der Waals surface area contributed by atoms with E-state index in [-0.39, 0.29) is 21.9 Å². The van der Waals surface area contributed by atoms with E-state index < -0.39 is 0 Å². The van der Waals surface area contributed by atoms with Gasteiger partial charge in [0.15, 0.2) is 0 Å². The van der Waals surface area contributed by atoms with Crippen molar-refractivity contribution < 1.29 is 0 Å². The Balaban J connectivity index is 2.05. The fourth-order valence-corrected chi connectivity index (χ4v) is 3.07. The van der Waals surface area contributed by atoms with Gasteiger partial charge in [0.05, 0.1) is 21.9 Å². The summed E-state index contributed by atoms with van der Waals surface area (Å²) in [6, 6.07) is 10.7. The molecule has 0 fully saturated rings. The van der Waals surface area contributed by atoms with E-state index in [1.54, 1.807) is 30.5 Å². The molecule has 0 unspecified atom stereocenters. The molecule has 0 bridgehead atoms. The van der Waals surface area contributed by atoms with Crippen LogP contribution in [0.25, 0.3) is 43.9 Å². The number of hydrogen-bond donors (Lipinski definition) is 2. The Morgan fingerprint density at radius 3 is 2.21 bits per heavy atom. The van der Waals surface area contributed by atoms with Crippen LogP contribution in [0.4, 0.5) is 0 Å². The van der Waals surface area contributed by atoms with Gasteiger partial charge in [0.2, 0.25) is 10.9 Å². The summed E-state index contributed by atoms with van der Waals surface area (Å²) in [4.78, 5) is 40.1. The second-order valence-electron chi connectivity index (χ2n) is 5.66. The zero-order chi connectivity index (χ0) is 16.3. The molecule has 0 aliphatic heterocycles. The molecule has 0 spiro atoms. The minimum absolute atomic E-state index is 0.188. The van der Waals surface area contributed by atoms with Crippen LogP contribution in [-0.4, -0.2) is 19.9 Å². The van der Waals surface area contributed by atoms with E-state index in [9.17, 15) is 9.59 Å². The second kappa shape index (κ2) is 4.48. The molecule has 0 saturated heterocycles. The standard InChI is InChI=1S/C18H10N4O2/c23-17-9-3-1-2-4-11(9)20-13-7-14-16(22-15(13)17)18(24)10-8-19-6-5-12(10)21-14/h1-8H,(H,20,23)(H,21,24). The van der Waals surface area contributed by atoms with Crippen LogP contribution in [-0.2, 0) is 0 Å². The molecule has 0 aliphatic rings. The van der Waals surface area contributed by atoms with E-state index in [0.717, 1.165) is 5.52 Å². The van der Waals surface area contributed by atoms with Crippen molar-refractivity contribution in [1.82, 2.24) is 19.9 Å². The summed E-state index contributed by atoms with van der Waals surface area (Å²) in [6.07, 6.45) is 3.12. The molecular weight excluding hydrogens is 304 g/mol. The smallest absolute Gasteiger partial charge is 0.217 e. The molecule has 6 nitrogen and oxygen atoms in total. The van der Waals surface area contributed by atoms with Crippen molar-refractivity contribution in [3.05, 3.63) is 69.2 Å². The summed E-state index contributed by atoms with van der Waals surface area (Å²) < 4.78 is 0. The lowest BCUT2D eigenvalue weighted by atomic mass is 10.1. The van der Waals surface area contributed by atoms with Gasteiger partial charge in [0.1, 0.15) is 11.0 Å². The van der Waals surface area contributed by atoms with Gasteiger partial charge in [0.25, 0.3) is 0 Å². The third kappa shape index (κ3) is 1.65. The van der Waals surface area contributed by atoms with E-state index in [2.05, 4.69) is 19.9 Å². The van der Waals surface area contributed by atoms with Crippen molar-refractivity contribution in [2.45, 2.75) is 0 Å². The molecule has 6 heteroatoms. The van der Waals surface area contributed by atoms with E-state index in [0.29, 0.717) is 27.3 Å². The summed E-state index contributed by atoms with van der Waals surface area (Å²) in [7, 11) is 0. The number of nitrogens with zero attached hydrogens (tertiary/aromatic N) is 2. The maximum Gasteiger partial charge on any atom is 0.217 e. The number of aromatic amines is 2. The predicted molar refractivity (Wildman–Crippen MR) is 93.3 cm³/mol. The largest absolute Gasteiger partial charge is 0.353 e. The van der Waals surface area contributed by atoms with Crippen molar-refractivity contribution in [1.29, 1.82) is 0 Å². The first-order valence-corrected chi connectivity index (χ1v) is 7.44. The number of fused-ring (bicyclic) bond motifs is 4. The second-order valence-corrected chi connectivity index (χ2v) is 5.66. The molecule has 5 rings (SSSR count). The number of aromatic nitrogens is 4. The van der Waals surface area contributed by atoms with Crippen LogP contribution < -0.4 is 10.9 Å². The van der Waals surface area contributed by atoms with Gasteiger partial charge < -0.3 is 9.97 Å². The molecular formula is C18H10N4O2. The molecule has 0 aliphatic carbocycles. The highest BCUT2D eigenvalue weighted by atomic mass is 16.1. The first kappa shape index (κ1) is 13.0. The van der Waals surface area contributed by atoms with E-state index in [1.807, 2.05) is 12.1 Å². The number of nitrogens with one attached hydrogen (secondary N) is 2. The molecule has 4 aromatic heterocycles. The summed E-state index contributed by atoms with van der Waals surface area (Å²) >= 11 is 0. The average molecular weight is 314 g/mol. The Labute approximate surface area is 133 Å². The number of pyridine rings is 4. The van der Waals surface area contributed by atoms with Crippen LogP contribution in [0.3, 0.4) is 0 Å². The third-order valence-corrected chi connectivity index (χ3v) is 4.23. The van der Waals surface area contributed by atoms with Crippen molar-refractivity contribution in [3.63, 3.8) is 0 Å². The zero-order valence-electron chi connectivity index (χ0n) is 12.3. The summed E-state index contributed by atoms with van der Waals surface area (Å²) in [5.74, 6) is 0. The SMILES string of the molecule is O=c1c2ccccc2[nH]c2cc3[nH]c4ccncc4c(=O)c3nc12. The first-order valence-electron chi connectivity index (χ1n) is 7.44. The van der Waals surface area contributed by atoms with Gasteiger partial charge in [0, 0.05) is 23.3 Å². The van der Waals surface area contributed by atoms with E-state index in [4.69, 9.17) is 0 Å². The van der Waals surface area contributed by atoms with Crippen LogP contribution in [0, 0.1) is 0 Å². The normalized spacial score (nSPS) is 11.7. The van der Waals surface area contributed by atoms with Crippen molar-refractivity contribution >= 4 is 43.9 Å². The Kier molecular flexibility index (Phi) is 2.42. The van der Waals surface area contributed by atoms with Gasteiger partial charge in [-0.05, 0) is 24.3 Å². The highest BCUT2D eigenvalue weighted by Gasteiger charge is 2.12. The predicted octanol–water partition coefficient (Wildman–Crippen LogP) is 2.47. The third-order valence-electron chi connectivity index (χ3n) is 4.23. The van der Waals surface area contributed by atoms with Gasteiger partial charge in [-0.1, -0.05) is 12.1 Å². The Morgan fingerprint density at radius 2 is 1.42 bits per heavy atom. The molecule has 2 N–H and O–H groups in total. The fraction of sp³-hybridized carbons (Fsp3) is 0. The number of H-pyrrole nitrogens is 2. The quantitative estimate of drug-likeness (QED) is 0.430. The average Bonchev–Trinajstić information content (AvgIpc) is 2.61. The molecule has 24 heavy (non-hydrogen) atoms. The topological polar surface area (TPSA) is 91.5 Å². The molecule has 5 aromatic rings. The van der Waals surface area contributed by atoms with Crippen molar-refractivity contribution in [2.75, 3.05) is 0 Å². The van der Waals surface area contributed by atoms with E-state index >= 15 is 0 Å². The maximum absolute atomic E-state index is 12.7. The highest BCUT2D eigenvalue weighted by Crippen LogP contribution is 2.18. The van der Waals surface area contributed by atoms with E-state index in [1.165, 1.54) is 6.20 Å². The molecule has 1 aromatic carbocycles. The summed E-state index contributed by atoms with van der Waals surface area (Å²) in [5.41, 5.74) is 2.68. The van der Waals surface area contributed by atoms with Crippen LogP contribution >= 0.6 is 0 Å². The van der Waals surface area contributed by atoms with Crippen LogP contribution in [0.5, 0.6) is 0 Å². The number of benzene rings is 1. The Bertz CT molecular complexity index is 1290. The molecule has 0 saturated carbocycles. The zero-order valence-corrected chi connectivity index (χ0v) is 12.3. The minimum atomic E-state index is -0.235. The van der Waals surface area contributed by atoms with Gasteiger partial charge in [-0.15, -0.1) is 0 Å². The first-order chi connectivity index (χ1) is 11.7. The highest BCUT2D eigenvalue weighted by molar-refractivity contribution is 5.98. The van der Waals surface area contributed by atoms with Crippen LogP contribution in [0.15, 0.2) is 58.4 Å². The molecule has 0 amide bonds. The Morgan fingerprint density at radius 1 is 0.750 bits per heavy atom. The summed E-state index contributed by atoms with van der Waals surface area (Å²) in [6.45, 7) is 0. The lowest BCUT2D eigenvalue weighted by Crippen LogP contribution is -2.11. The van der Waals surface area contributed by atoms with Crippen LogP contribution in [0.2, 0.25) is 0 Å². The number of hydrogen-bond acceptors (Lipinski definition) is 4. The lowest BCUT2D eigenvalue weighted by molar-refractivity contribution is 1.32. The number of para-hydroxylation sites is 1. The lowest BCUT2D eigenvalue weighted by Gasteiger charge is -2.05. The van der Waals surface area contributed by atoms with Gasteiger partial charge in [-0.3, -0.25) is 14.6 Å². The Hall–Kier alpha value is -3.54. The van der Waals surface area contributed by atoms with Crippen LogP contribution in [0.1, 0.15) is 0 Å². The fourth-order valence-electron chi connectivity index (χ4n) is 3.07. The molecule has 4 heterocycles. The summed E-state index contributed by atoms with van der Waals surface area (Å²) in [5, 5.41) is 1.00. The molecule has 0 radical (unpaired) electrons. The number of rotatable bonds is 0. The van der Waals surface area contributed by atoms with Crippen molar-refractivity contribution in [2.24, 2.45) is 0 Å². The van der Waals surface area contributed by atoms with Gasteiger partial charge in [-0.25, -0.2) is 4.98 Å². The van der Waals surface area contributed by atoms with Crippen molar-refractivity contribution in [3.8, 4) is 0 Å². The monoisotopic (exact) mass is 314 g/mol. The molecule has 114 valence electrons. The molecule has 0 atom stereocenters.